The number of amides is 2. The molecule has 2 aliphatic rings. The molecule has 0 bridgehead atoms. The van der Waals surface area contributed by atoms with Crippen LogP contribution in [0, 0.1) is 0 Å². The summed E-state index contributed by atoms with van der Waals surface area (Å²) in [7, 11) is 0. The van der Waals surface area contributed by atoms with Crippen LogP contribution < -0.4 is 14.8 Å². The van der Waals surface area contributed by atoms with E-state index in [1.54, 1.807) is 12.1 Å². The van der Waals surface area contributed by atoms with E-state index in [2.05, 4.69) is 5.32 Å². The molecule has 0 radical (unpaired) electrons. The number of anilines is 1. The van der Waals surface area contributed by atoms with Gasteiger partial charge in [0, 0.05) is 13.0 Å². The van der Waals surface area contributed by atoms with E-state index in [1.807, 2.05) is 0 Å². The van der Waals surface area contributed by atoms with Gasteiger partial charge in [-0.3, -0.25) is 9.59 Å². The van der Waals surface area contributed by atoms with Gasteiger partial charge in [-0.15, -0.1) is 0 Å². The number of para-hydroxylation sites is 1. The first-order valence-electron chi connectivity index (χ1n) is 6.91. The largest absolute Gasteiger partial charge is 0.481 e. The molecule has 124 valence electrons. The highest BCUT2D eigenvalue weighted by Crippen LogP contribution is 2.38. The zero-order valence-electron chi connectivity index (χ0n) is 11.9. The van der Waals surface area contributed by atoms with E-state index in [0.717, 1.165) is 4.90 Å². The molecule has 2 amide bonds. The van der Waals surface area contributed by atoms with E-state index < -0.39 is 24.7 Å². The van der Waals surface area contributed by atoms with Gasteiger partial charge >= 0.3 is 6.18 Å². The number of rotatable bonds is 3. The molecule has 23 heavy (non-hydrogen) atoms. The zero-order valence-corrected chi connectivity index (χ0v) is 11.9. The van der Waals surface area contributed by atoms with Crippen molar-refractivity contribution < 1.29 is 32.2 Å². The van der Waals surface area contributed by atoms with Crippen molar-refractivity contribution in [1.29, 1.82) is 0 Å². The van der Waals surface area contributed by atoms with Gasteiger partial charge in [0.15, 0.2) is 12.7 Å². The van der Waals surface area contributed by atoms with E-state index in [0.29, 0.717) is 5.75 Å². The number of nitrogens with one attached hydrogen (secondary N) is 1. The first kappa shape index (κ1) is 15.4. The highest BCUT2D eigenvalue weighted by Gasteiger charge is 2.40. The topological polar surface area (TPSA) is 67.9 Å². The molecule has 3 rings (SSSR count). The summed E-state index contributed by atoms with van der Waals surface area (Å²) < 4.78 is 48.0. The molecular weight excluding hydrogens is 317 g/mol. The summed E-state index contributed by atoms with van der Waals surface area (Å²) in [5.74, 6) is -0.504. The minimum Gasteiger partial charge on any atom is -0.481 e. The molecule has 6 nitrogen and oxygen atoms in total. The molecule has 0 aromatic heterocycles. The maximum absolute atomic E-state index is 12.4. The Morgan fingerprint density at radius 1 is 1.35 bits per heavy atom. The highest BCUT2D eigenvalue weighted by atomic mass is 19.4. The number of carbonyl (C=O) groups excluding carboxylic acids is 2. The van der Waals surface area contributed by atoms with Crippen LogP contribution in [0.2, 0.25) is 0 Å². The maximum Gasteiger partial charge on any atom is 0.406 e. The second-order valence-electron chi connectivity index (χ2n) is 5.24. The van der Waals surface area contributed by atoms with Crippen molar-refractivity contribution in [3.8, 4) is 11.5 Å². The molecule has 9 heteroatoms. The zero-order chi connectivity index (χ0) is 16.6. The van der Waals surface area contributed by atoms with Crippen LogP contribution in [0.25, 0.3) is 0 Å². The summed E-state index contributed by atoms with van der Waals surface area (Å²) in [5.41, 5.74) is 0.283. The van der Waals surface area contributed by atoms with Crippen molar-refractivity contribution >= 4 is 17.5 Å². The third-order valence-corrected chi connectivity index (χ3v) is 3.50. The van der Waals surface area contributed by atoms with Crippen molar-refractivity contribution in [2.75, 3.05) is 25.0 Å². The van der Waals surface area contributed by atoms with Gasteiger partial charge in [0.05, 0.1) is 0 Å². The van der Waals surface area contributed by atoms with Crippen molar-refractivity contribution in [2.45, 2.75) is 18.7 Å². The Bertz CT molecular complexity index is 647. The first-order valence-corrected chi connectivity index (χ1v) is 6.91. The average Bonchev–Trinajstić information content (AvgIpc) is 2.79. The summed E-state index contributed by atoms with van der Waals surface area (Å²) in [5, 5.41) is 2.57. The van der Waals surface area contributed by atoms with E-state index in [-0.39, 0.29) is 36.9 Å². The van der Waals surface area contributed by atoms with Gasteiger partial charge in [-0.25, -0.2) is 0 Å². The minimum absolute atomic E-state index is 0.0269. The van der Waals surface area contributed by atoms with Crippen molar-refractivity contribution in [3.05, 3.63) is 18.2 Å². The van der Waals surface area contributed by atoms with Crippen molar-refractivity contribution in [1.82, 2.24) is 4.90 Å². The molecule has 1 unspecified atom stereocenters. The molecule has 1 fully saturated rings. The van der Waals surface area contributed by atoms with Crippen molar-refractivity contribution in [3.63, 3.8) is 0 Å². The van der Waals surface area contributed by atoms with E-state index in [9.17, 15) is 22.8 Å². The van der Waals surface area contributed by atoms with Gasteiger partial charge in [-0.2, -0.15) is 13.2 Å². The number of likely N-dealkylation sites (tertiary alicyclic amines) is 1. The number of hydrogen-bond donors (Lipinski definition) is 1. The molecule has 1 N–H and O–H groups in total. The number of alkyl halides is 3. The monoisotopic (exact) mass is 330 g/mol. The maximum atomic E-state index is 12.4. The average molecular weight is 330 g/mol. The Balaban J connectivity index is 1.74. The van der Waals surface area contributed by atoms with E-state index in [1.165, 1.54) is 6.07 Å². The Morgan fingerprint density at radius 2 is 2.13 bits per heavy atom. The Kier molecular flexibility index (Phi) is 3.78. The fraction of sp³-hybridized carbons (Fsp3) is 0.429. The van der Waals surface area contributed by atoms with Gasteiger partial charge in [0.1, 0.15) is 23.7 Å². The Hall–Kier alpha value is -2.45. The lowest BCUT2D eigenvalue weighted by atomic mass is 10.2. The van der Waals surface area contributed by atoms with Gasteiger partial charge in [-0.05, 0) is 12.1 Å². The number of carbonyl (C=O) groups is 2. The molecule has 1 atom stereocenters. The summed E-state index contributed by atoms with van der Waals surface area (Å²) in [6.07, 6.45) is -5.31. The van der Waals surface area contributed by atoms with E-state index in [4.69, 9.17) is 9.47 Å². The molecule has 1 saturated heterocycles. The normalized spacial score (nSPS) is 20.8. The summed E-state index contributed by atoms with van der Waals surface area (Å²) in [6, 6.07) is 4.75. The third kappa shape index (κ3) is 3.33. The fourth-order valence-corrected chi connectivity index (χ4v) is 2.52. The lowest BCUT2D eigenvalue weighted by Crippen LogP contribution is -2.38. The first-order chi connectivity index (χ1) is 10.8. The van der Waals surface area contributed by atoms with Crippen LogP contribution in [-0.2, 0) is 9.59 Å². The molecule has 1 aromatic carbocycles. The Morgan fingerprint density at radius 3 is 2.87 bits per heavy atom. The number of fused-ring (bicyclic) bond motifs is 1. The predicted molar refractivity (Wildman–Crippen MR) is 72.2 cm³/mol. The third-order valence-electron chi connectivity index (χ3n) is 3.50. The number of halogens is 3. The quantitative estimate of drug-likeness (QED) is 0.913. The van der Waals surface area contributed by atoms with Crippen LogP contribution in [0.15, 0.2) is 18.2 Å². The molecule has 0 spiro atoms. The molecule has 2 aliphatic heterocycles. The molecule has 2 heterocycles. The predicted octanol–water partition coefficient (Wildman–Crippen LogP) is 1.56. The lowest BCUT2D eigenvalue weighted by Gasteiger charge is -2.22. The number of benzene rings is 1. The number of ether oxygens (including phenoxy) is 2. The Labute approximate surface area is 129 Å². The standard InChI is InChI=1S/C14H13F3N2O4/c15-14(16,17)7-19-5-4-10(13(19)21)23-9-3-1-2-8-12(9)18-11(20)6-22-8/h1-3,10H,4-7H2,(H,18,20). The second-order valence-corrected chi connectivity index (χ2v) is 5.24. The van der Waals surface area contributed by atoms with Crippen LogP contribution in [0.3, 0.4) is 0 Å². The minimum atomic E-state index is -4.45. The van der Waals surface area contributed by atoms with Gasteiger partial charge in [0.25, 0.3) is 11.8 Å². The summed E-state index contributed by atoms with van der Waals surface area (Å²) in [6.45, 7) is -1.45. The molecule has 0 saturated carbocycles. The summed E-state index contributed by atoms with van der Waals surface area (Å²) >= 11 is 0. The molecular formula is C14H13F3N2O4. The number of hydrogen-bond acceptors (Lipinski definition) is 4. The fourth-order valence-electron chi connectivity index (χ4n) is 2.52. The number of nitrogens with zero attached hydrogens (tertiary/aromatic N) is 1. The van der Waals surface area contributed by atoms with Crippen LogP contribution in [0.1, 0.15) is 6.42 Å². The van der Waals surface area contributed by atoms with Crippen LogP contribution in [0.5, 0.6) is 11.5 Å². The highest BCUT2D eigenvalue weighted by molar-refractivity contribution is 5.97. The van der Waals surface area contributed by atoms with Crippen molar-refractivity contribution in [2.24, 2.45) is 0 Å². The second kappa shape index (κ2) is 5.64. The molecule has 1 aromatic rings. The van der Waals surface area contributed by atoms with Gasteiger partial charge in [0.2, 0.25) is 0 Å². The van der Waals surface area contributed by atoms with Gasteiger partial charge in [-0.1, -0.05) is 6.07 Å². The van der Waals surface area contributed by atoms with Gasteiger partial charge < -0.3 is 19.7 Å². The van der Waals surface area contributed by atoms with Crippen LogP contribution in [-0.4, -0.2) is 48.7 Å². The summed E-state index contributed by atoms with van der Waals surface area (Å²) in [4.78, 5) is 24.1. The van der Waals surface area contributed by atoms with Crippen LogP contribution in [0.4, 0.5) is 18.9 Å². The lowest BCUT2D eigenvalue weighted by molar-refractivity contribution is -0.159. The van der Waals surface area contributed by atoms with E-state index >= 15 is 0 Å². The smallest absolute Gasteiger partial charge is 0.406 e. The van der Waals surface area contributed by atoms with Crippen LogP contribution >= 0.6 is 0 Å². The SMILES string of the molecule is O=C1COc2cccc(OC3CCN(CC(F)(F)F)C3=O)c2N1. The molecule has 0 aliphatic carbocycles.